The maximum absolute atomic E-state index is 14.4. The van der Waals surface area contributed by atoms with E-state index >= 15 is 0 Å². The van der Waals surface area contributed by atoms with Crippen LogP contribution in [0.5, 0.6) is 0 Å². The zero-order valence-electron chi connectivity index (χ0n) is 21.8. The van der Waals surface area contributed by atoms with Gasteiger partial charge in [-0.3, -0.25) is 10.1 Å². The summed E-state index contributed by atoms with van der Waals surface area (Å²) in [6.45, 7) is 9.60. The van der Waals surface area contributed by atoms with E-state index in [-0.39, 0.29) is 22.0 Å². The smallest absolute Gasteiger partial charge is 0.261 e. The number of aryl methyl sites for hydroxylation is 2. The monoisotopic (exact) mass is 523 g/mol. The van der Waals surface area contributed by atoms with E-state index in [0.29, 0.717) is 24.2 Å². The summed E-state index contributed by atoms with van der Waals surface area (Å²) >= 11 is 0. The number of hydrogen-bond acceptors (Lipinski definition) is 5. The number of piperazine rings is 1. The van der Waals surface area contributed by atoms with Gasteiger partial charge in [-0.25, -0.2) is 17.8 Å². The van der Waals surface area contributed by atoms with Crippen molar-refractivity contribution in [1.29, 1.82) is 5.41 Å². The van der Waals surface area contributed by atoms with E-state index in [1.54, 1.807) is 25.3 Å². The highest BCUT2D eigenvalue weighted by Crippen LogP contribution is 2.46. The molecule has 2 aliphatic rings. The highest BCUT2D eigenvalue weighted by molar-refractivity contribution is 7.92. The number of amidine groups is 1. The van der Waals surface area contributed by atoms with Gasteiger partial charge in [-0.15, -0.1) is 0 Å². The Morgan fingerprint density at radius 2 is 1.76 bits per heavy atom. The maximum Gasteiger partial charge on any atom is 0.261 e. The first-order valence-corrected chi connectivity index (χ1v) is 14.1. The van der Waals surface area contributed by atoms with Crippen molar-refractivity contribution in [2.24, 2.45) is 0 Å². The van der Waals surface area contributed by atoms with E-state index in [0.717, 1.165) is 36.8 Å². The molecule has 5 rings (SSSR count). The summed E-state index contributed by atoms with van der Waals surface area (Å²) in [5.74, 6) is 0.568. The Morgan fingerprint density at radius 3 is 2.38 bits per heavy atom. The summed E-state index contributed by atoms with van der Waals surface area (Å²) < 4.78 is 43.2. The summed E-state index contributed by atoms with van der Waals surface area (Å²) in [7, 11) is -3.96. The minimum Gasteiger partial charge on any atom is -0.352 e. The fraction of sp³-hybridized carbons (Fsp3) is 0.357. The second kappa shape index (κ2) is 10.5. The molecule has 2 heterocycles. The van der Waals surface area contributed by atoms with Crippen LogP contribution in [0.2, 0.25) is 0 Å². The number of halogens is 1. The largest absolute Gasteiger partial charge is 0.352 e. The molecule has 0 bridgehead atoms. The highest BCUT2D eigenvalue weighted by Gasteiger charge is 2.53. The minimum atomic E-state index is -3.96. The Bertz CT molecular complexity index is 1370. The molecule has 7 nitrogen and oxygen atoms in total. The predicted molar refractivity (Wildman–Crippen MR) is 146 cm³/mol. The number of nitrogens with one attached hydrogen (secondary N) is 2. The van der Waals surface area contributed by atoms with Crippen molar-refractivity contribution in [3.8, 4) is 0 Å². The summed E-state index contributed by atoms with van der Waals surface area (Å²) in [6.07, 6.45) is 3.64. The van der Waals surface area contributed by atoms with Crippen LogP contribution in [0.4, 0.5) is 15.9 Å². The van der Waals surface area contributed by atoms with Gasteiger partial charge in [0.1, 0.15) is 17.5 Å². The van der Waals surface area contributed by atoms with Gasteiger partial charge in [-0.05, 0) is 68.7 Å². The van der Waals surface area contributed by atoms with Gasteiger partial charge in [0.2, 0.25) is 0 Å². The van der Waals surface area contributed by atoms with Crippen molar-refractivity contribution >= 4 is 27.4 Å². The van der Waals surface area contributed by atoms with Gasteiger partial charge in [-0.1, -0.05) is 37.6 Å². The lowest BCUT2D eigenvalue weighted by Gasteiger charge is -2.44. The number of anilines is 2. The van der Waals surface area contributed by atoms with Crippen LogP contribution < -0.4 is 9.62 Å². The Labute approximate surface area is 218 Å². The summed E-state index contributed by atoms with van der Waals surface area (Å²) in [5, 5.41) is 9.12. The van der Waals surface area contributed by atoms with E-state index < -0.39 is 15.8 Å². The second-order valence-electron chi connectivity index (χ2n) is 9.40. The number of pyridine rings is 1. The summed E-state index contributed by atoms with van der Waals surface area (Å²) in [5.41, 5.74) is 1.73. The molecule has 0 atom stereocenters. The van der Waals surface area contributed by atoms with Crippen molar-refractivity contribution in [1.82, 2.24) is 9.88 Å². The molecule has 0 unspecified atom stereocenters. The fourth-order valence-corrected chi connectivity index (χ4v) is 5.89. The van der Waals surface area contributed by atoms with Gasteiger partial charge in [0.25, 0.3) is 10.0 Å². The van der Waals surface area contributed by atoms with Crippen LogP contribution in [-0.4, -0.2) is 49.3 Å². The number of nitrogens with zero attached hydrogens (tertiary/aromatic N) is 3. The van der Waals surface area contributed by atoms with E-state index in [4.69, 9.17) is 5.41 Å². The molecule has 2 aromatic carbocycles. The normalized spacial score (nSPS) is 16.1. The molecular weight excluding hydrogens is 489 g/mol. The summed E-state index contributed by atoms with van der Waals surface area (Å²) in [4.78, 5) is 8.84. The highest BCUT2D eigenvalue weighted by atomic mass is 32.2. The molecular formula is C28H34FN5O2S. The zero-order chi connectivity index (χ0) is 26.8. The third-order valence-electron chi connectivity index (χ3n) is 6.83. The molecule has 1 saturated carbocycles. The van der Waals surface area contributed by atoms with Crippen molar-refractivity contribution < 1.29 is 12.8 Å². The molecule has 2 fully saturated rings. The molecule has 1 aliphatic heterocycles. The number of benzene rings is 2. The average molecular weight is 524 g/mol. The van der Waals surface area contributed by atoms with Crippen LogP contribution in [0.1, 0.15) is 43.4 Å². The predicted octanol–water partition coefficient (Wildman–Crippen LogP) is 5.34. The fourth-order valence-electron chi connectivity index (χ4n) is 4.83. The van der Waals surface area contributed by atoms with Gasteiger partial charge in [-0.2, -0.15) is 0 Å². The standard InChI is InChI=1S/C26H28FN5O2S.C2H6/c1-18-6-8-21(9-7-18)35(33,34)30-22-16-20(27)15-19(2)24(22)25(28)32-14-13-31(17-26(32)10-11-26)23-5-3-4-12-29-23;1-2/h3-9,12,15-16,28,30H,10-11,13-14,17H2,1-2H3;1-2H3. The first kappa shape index (κ1) is 26.6. The van der Waals surface area contributed by atoms with Gasteiger partial charge in [0.05, 0.1) is 16.1 Å². The number of rotatable bonds is 5. The first-order valence-electron chi connectivity index (χ1n) is 12.6. The topological polar surface area (TPSA) is 89.4 Å². The Kier molecular flexibility index (Phi) is 7.54. The molecule has 2 N–H and O–H groups in total. The number of sulfonamides is 1. The van der Waals surface area contributed by atoms with Crippen LogP contribution in [0.15, 0.2) is 65.7 Å². The van der Waals surface area contributed by atoms with Crippen molar-refractivity contribution in [3.63, 3.8) is 0 Å². The van der Waals surface area contributed by atoms with Gasteiger partial charge in [0.15, 0.2) is 0 Å². The lowest BCUT2D eigenvalue weighted by Crippen LogP contribution is -2.57. The molecule has 37 heavy (non-hydrogen) atoms. The first-order chi connectivity index (χ1) is 17.7. The van der Waals surface area contributed by atoms with E-state index in [9.17, 15) is 12.8 Å². The van der Waals surface area contributed by atoms with Gasteiger partial charge < -0.3 is 9.80 Å². The minimum absolute atomic E-state index is 0.0797. The number of aromatic nitrogens is 1. The Balaban J connectivity index is 0.00000156. The SMILES string of the molecule is CC.Cc1ccc(S(=O)(=O)Nc2cc(F)cc(C)c2C(=N)N2CCN(c3ccccn3)CC23CC3)cc1. The summed E-state index contributed by atoms with van der Waals surface area (Å²) in [6, 6.07) is 14.8. The molecule has 1 aliphatic carbocycles. The van der Waals surface area contributed by atoms with Crippen LogP contribution >= 0.6 is 0 Å². The lowest BCUT2D eigenvalue weighted by molar-refractivity contribution is 0.258. The van der Waals surface area contributed by atoms with Gasteiger partial charge >= 0.3 is 0 Å². The molecule has 0 amide bonds. The van der Waals surface area contributed by atoms with Crippen LogP contribution in [0, 0.1) is 25.1 Å². The molecule has 3 aromatic rings. The van der Waals surface area contributed by atoms with E-state index in [2.05, 4.69) is 19.5 Å². The van der Waals surface area contributed by atoms with Crippen molar-refractivity contribution in [3.05, 3.63) is 83.3 Å². The second-order valence-corrected chi connectivity index (χ2v) is 11.1. The molecule has 0 radical (unpaired) electrons. The van der Waals surface area contributed by atoms with E-state index in [1.807, 2.05) is 39.0 Å². The molecule has 1 spiro atoms. The average Bonchev–Trinajstić information content (AvgIpc) is 3.64. The van der Waals surface area contributed by atoms with E-state index in [1.165, 1.54) is 18.2 Å². The third kappa shape index (κ3) is 5.46. The Morgan fingerprint density at radius 1 is 1.05 bits per heavy atom. The quantitative estimate of drug-likeness (QED) is 0.348. The van der Waals surface area contributed by atoms with Crippen LogP contribution in [0.25, 0.3) is 0 Å². The molecule has 1 saturated heterocycles. The van der Waals surface area contributed by atoms with Crippen molar-refractivity contribution in [2.75, 3.05) is 29.3 Å². The Hall–Kier alpha value is -3.46. The van der Waals surface area contributed by atoms with Crippen molar-refractivity contribution in [2.45, 2.75) is 51.0 Å². The molecule has 9 heteroatoms. The third-order valence-corrected chi connectivity index (χ3v) is 8.22. The lowest BCUT2D eigenvalue weighted by atomic mass is 10.0. The molecule has 1 aromatic heterocycles. The maximum atomic E-state index is 14.4. The van der Waals surface area contributed by atoms with Gasteiger partial charge in [0, 0.05) is 31.4 Å². The van der Waals surface area contributed by atoms with Crippen LogP contribution in [-0.2, 0) is 10.0 Å². The zero-order valence-corrected chi connectivity index (χ0v) is 22.6. The molecule has 196 valence electrons. The van der Waals surface area contributed by atoms with Crippen LogP contribution in [0.3, 0.4) is 0 Å². The number of hydrogen-bond donors (Lipinski definition) is 2.